The molecule has 3 aliphatic rings. The van der Waals surface area contributed by atoms with Crippen LogP contribution in [0.5, 0.6) is 0 Å². The van der Waals surface area contributed by atoms with Gasteiger partial charge in [-0.25, -0.2) is 19.3 Å². The second-order valence-corrected chi connectivity index (χ2v) is 14.3. The highest BCUT2D eigenvalue weighted by molar-refractivity contribution is 4.99. The Kier molecular flexibility index (Phi) is 9.06. The highest BCUT2D eigenvalue weighted by Gasteiger charge is 2.29. The predicted molar refractivity (Wildman–Crippen MR) is 160 cm³/mol. The van der Waals surface area contributed by atoms with Crippen LogP contribution in [0.3, 0.4) is 0 Å². The molecule has 0 saturated carbocycles. The Morgan fingerprint density at radius 2 is 1.10 bits per heavy atom. The van der Waals surface area contributed by atoms with E-state index in [0.717, 1.165) is 88.0 Å². The van der Waals surface area contributed by atoms with Crippen molar-refractivity contribution >= 4 is 0 Å². The maximum atomic E-state index is 4.43. The van der Waals surface area contributed by atoms with Crippen molar-refractivity contribution in [2.45, 2.75) is 132 Å². The molecule has 228 valence electrons. The zero-order valence-electron chi connectivity index (χ0n) is 27.3. The monoisotopic (exact) mass is 568 g/mol. The van der Waals surface area contributed by atoms with Gasteiger partial charge in [-0.1, -0.05) is 0 Å². The van der Waals surface area contributed by atoms with Gasteiger partial charge >= 0.3 is 0 Å². The van der Waals surface area contributed by atoms with E-state index in [1.165, 1.54) is 0 Å². The molecule has 0 N–H and O–H groups in total. The minimum atomic E-state index is 0.227. The first kappa shape index (κ1) is 31.2. The zero-order valence-corrected chi connectivity index (χ0v) is 27.3. The van der Waals surface area contributed by atoms with E-state index in [-0.39, 0.29) is 16.6 Å². The Morgan fingerprint density at radius 3 is 1.68 bits per heavy atom. The second kappa shape index (κ2) is 11.9. The van der Waals surface area contributed by atoms with Gasteiger partial charge in [-0.15, -0.1) is 10.2 Å². The minimum absolute atomic E-state index is 0.227. The topological polar surface area (TPSA) is 102 Å². The van der Waals surface area contributed by atoms with Crippen LogP contribution in [0.2, 0.25) is 0 Å². The average Bonchev–Trinajstić information content (AvgIpc) is 3.59. The third-order valence-corrected chi connectivity index (χ3v) is 8.16. The molecule has 0 atom stereocenters. The molecular weight excluding hydrogens is 516 g/mol. The van der Waals surface area contributed by atoms with Gasteiger partial charge in [-0.05, 0) is 76.2 Å². The molecule has 0 aliphatic carbocycles. The van der Waals surface area contributed by atoms with Crippen molar-refractivity contribution in [3.05, 3.63) is 35.4 Å². The molecule has 0 amide bonds. The smallest absolute Gasteiger partial charge is 0.147 e. The molecule has 0 radical (unpaired) electrons. The number of aromatic nitrogens is 9. The number of rotatable bonds is 0. The summed E-state index contributed by atoms with van der Waals surface area (Å²) in [5.41, 5.74) is 0.688. The minimum Gasteiger partial charge on any atom is -0.313 e. The van der Waals surface area contributed by atoms with E-state index in [1.807, 2.05) is 23.2 Å². The van der Waals surface area contributed by atoms with E-state index >= 15 is 0 Å². The van der Waals surface area contributed by atoms with Gasteiger partial charge in [0.05, 0.1) is 32.7 Å². The maximum absolute atomic E-state index is 4.43. The molecule has 0 unspecified atom stereocenters. The molecule has 41 heavy (non-hydrogen) atoms. The summed E-state index contributed by atoms with van der Waals surface area (Å²) < 4.78 is 6.22. The van der Waals surface area contributed by atoms with Crippen molar-refractivity contribution in [3.63, 3.8) is 0 Å². The molecule has 6 rings (SSSR count). The Hall–Kier alpha value is -2.70. The Bertz CT molecular complexity index is 1260. The molecule has 3 aromatic heterocycles. The number of hydrogen-bond acceptors (Lipinski definition) is 9. The lowest BCUT2D eigenvalue weighted by Gasteiger charge is -2.38. The van der Waals surface area contributed by atoms with Gasteiger partial charge in [0.1, 0.15) is 35.4 Å². The van der Waals surface area contributed by atoms with E-state index < -0.39 is 0 Å². The fourth-order valence-corrected chi connectivity index (χ4v) is 5.34. The molecule has 0 fully saturated rings. The first-order chi connectivity index (χ1) is 19.0. The summed E-state index contributed by atoms with van der Waals surface area (Å²) in [6, 6.07) is 0. The summed E-state index contributed by atoms with van der Waals surface area (Å²) in [6.45, 7) is 33.1. The number of nitrogens with zero attached hydrogens (tertiary/aromatic N) is 12. The van der Waals surface area contributed by atoms with Crippen molar-refractivity contribution < 1.29 is 0 Å². The van der Waals surface area contributed by atoms with Gasteiger partial charge in [-0.3, -0.25) is 14.7 Å². The molecule has 0 spiro atoms. The summed E-state index contributed by atoms with van der Waals surface area (Å²) in [6.07, 6.45) is 1.64. The Labute approximate surface area is 246 Å². The third-order valence-electron chi connectivity index (χ3n) is 8.16. The van der Waals surface area contributed by atoms with Gasteiger partial charge in [0.2, 0.25) is 0 Å². The van der Waals surface area contributed by atoms with Gasteiger partial charge in [-0.2, -0.15) is 10.2 Å². The summed E-state index contributed by atoms with van der Waals surface area (Å²) in [4.78, 5) is 16.0. The number of hydrogen-bond donors (Lipinski definition) is 0. The van der Waals surface area contributed by atoms with E-state index in [9.17, 15) is 0 Å². The van der Waals surface area contributed by atoms with Crippen LogP contribution in [0.25, 0.3) is 0 Å². The fraction of sp³-hybridized carbons (Fsp3) is 0.793. The van der Waals surface area contributed by atoms with E-state index in [1.54, 1.807) is 6.33 Å². The van der Waals surface area contributed by atoms with Crippen molar-refractivity contribution in [1.29, 1.82) is 0 Å². The molecule has 12 nitrogen and oxygen atoms in total. The second-order valence-electron chi connectivity index (χ2n) is 14.3. The van der Waals surface area contributed by atoms with Crippen LogP contribution in [0.1, 0.15) is 91.4 Å². The predicted octanol–water partition coefficient (Wildman–Crippen LogP) is 3.29. The first-order valence-electron chi connectivity index (χ1n) is 14.9. The standard InChI is InChI=1S/2C10H18N4.C9H16N4/c1-8-11-12-9-7-13(10(2,3)4)5-6-14(8)9;1-8-11-9-7-13(10(2,3)4)5-6-14(9)12-8;1-9(2,3)12-4-5-13-8(6-12)10-7-11-13/h2*5-7H2,1-4H3;7H,4-6H2,1-3H3. The molecule has 0 bridgehead atoms. The maximum Gasteiger partial charge on any atom is 0.147 e. The van der Waals surface area contributed by atoms with Crippen LogP contribution in [-0.2, 0) is 39.3 Å². The lowest BCUT2D eigenvalue weighted by Crippen LogP contribution is -2.46. The van der Waals surface area contributed by atoms with E-state index in [2.05, 4.69) is 112 Å². The molecule has 0 aromatic carbocycles. The first-order valence-corrected chi connectivity index (χ1v) is 14.9. The van der Waals surface area contributed by atoms with Gasteiger partial charge in [0.15, 0.2) is 0 Å². The third kappa shape index (κ3) is 7.78. The fourth-order valence-electron chi connectivity index (χ4n) is 5.34. The van der Waals surface area contributed by atoms with Crippen molar-refractivity contribution in [3.8, 4) is 0 Å². The highest BCUT2D eigenvalue weighted by Crippen LogP contribution is 2.22. The molecule has 12 heteroatoms. The number of aryl methyl sites for hydroxylation is 2. The van der Waals surface area contributed by atoms with E-state index in [4.69, 9.17) is 0 Å². The van der Waals surface area contributed by atoms with Crippen molar-refractivity contribution in [2.75, 3.05) is 19.6 Å². The van der Waals surface area contributed by atoms with Crippen LogP contribution < -0.4 is 0 Å². The lowest BCUT2D eigenvalue weighted by molar-refractivity contribution is 0.0966. The van der Waals surface area contributed by atoms with Crippen LogP contribution >= 0.6 is 0 Å². The quantitative estimate of drug-likeness (QED) is 0.404. The molecule has 3 aliphatic heterocycles. The molecule has 0 saturated heterocycles. The largest absolute Gasteiger partial charge is 0.313 e. The lowest BCUT2D eigenvalue weighted by atomic mass is 10.1. The Balaban J connectivity index is 0.000000142. The van der Waals surface area contributed by atoms with E-state index in [0.29, 0.717) is 0 Å². The van der Waals surface area contributed by atoms with Crippen LogP contribution in [0.4, 0.5) is 0 Å². The van der Waals surface area contributed by atoms with Gasteiger partial charge < -0.3 is 4.57 Å². The normalized spacial score (nSPS) is 18.4. The van der Waals surface area contributed by atoms with Crippen molar-refractivity contribution in [2.24, 2.45) is 0 Å². The average molecular weight is 569 g/mol. The summed E-state index contributed by atoms with van der Waals surface area (Å²) >= 11 is 0. The zero-order chi connectivity index (χ0) is 30.2. The van der Waals surface area contributed by atoms with Crippen LogP contribution in [0, 0.1) is 13.8 Å². The van der Waals surface area contributed by atoms with Crippen LogP contribution in [-0.4, -0.2) is 95.2 Å². The van der Waals surface area contributed by atoms with Crippen LogP contribution in [0.15, 0.2) is 6.33 Å². The summed E-state index contributed by atoms with van der Waals surface area (Å²) in [5.74, 6) is 5.21. The van der Waals surface area contributed by atoms with Crippen molar-refractivity contribution in [1.82, 2.24) is 59.0 Å². The van der Waals surface area contributed by atoms with Gasteiger partial charge in [0.25, 0.3) is 0 Å². The summed E-state index contributed by atoms with van der Waals surface area (Å²) in [7, 11) is 0. The number of fused-ring (bicyclic) bond motifs is 3. The van der Waals surface area contributed by atoms with Gasteiger partial charge in [0, 0.05) is 42.8 Å². The highest BCUT2D eigenvalue weighted by atomic mass is 15.4. The summed E-state index contributed by atoms with van der Waals surface area (Å²) in [5, 5.41) is 16.8. The SMILES string of the molecule is CC(C)(C)N1CCn2ncnc2C1.Cc1nc2n(n1)CCN(C(C)(C)C)C2.Cc1nnc2n1CCN(C(C)(C)C)C2. The molecule has 3 aromatic rings. The Morgan fingerprint density at radius 1 is 0.585 bits per heavy atom. The molecule has 6 heterocycles. The molecular formula is C29H52N12.